The molecule has 0 spiro atoms. The predicted octanol–water partition coefficient (Wildman–Crippen LogP) is 2.76. The molecule has 7 heteroatoms. The van der Waals surface area contributed by atoms with Crippen LogP contribution in [0, 0.1) is 6.92 Å². The van der Waals surface area contributed by atoms with Gasteiger partial charge in [-0.25, -0.2) is 0 Å². The number of pyridine rings is 1. The quantitative estimate of drug-likeness (QED) is 0.918. The minimum Gasteiger partial charge on any atom is -0.388 e. The van der Waals surface area contributed by atoms with Gasteiger partial charge in [0.15, 0.2) is 0 Å². The molecule has 1 fully saturated rings. The molecule has 1 N–H and O–H groups in total. The molecule has 25 heavy (non-hydrogen) atoms. The molecule has 134 valence electrons. The lowest BCUT2D eigenvalue weighted by atomic mass is 10.1. The SMILES string of the molecule is CNc1cc(C)nc([C@H]2CN(C(=O)c3cc(C(C)C)no3)CCO2)c1. The fourth-order valence-electron chi connectivity index (χ4n) is 2.83. The highest BCUT2D eigenvalue weighted by Crippen LogP contribution is 2.25. The highest BCUT2D eigenvalue weighted by Gasteiger charge is 2.29. The van der Waals surface area contributed by atoms with E-state index in [9.17, 15) is 4.79 Å². The van der Waals surface area contributed by atoms with Crippen molar-refractivity contribution in [1.82, 2.24) is 15.0 Å². The molecule has 1 aliphatic heterocycles. The lowest BCUT2D eigenvalue weighted by molar-refractivity contribution is -0.0259. The van der Waals surface area contributed by atoms with Crippen LogP contribution < -0.4 is 5.32 Å². The fraction of sp³-hybridized carbons (Fsp3) is 0.500. The lowest BCUT2D eigenvalue weighted by Crippen LogP contribution is -2.42. The van der Waals surface area contributed by atoms with Gasteiger partial charge in [0, 0.05) is 31.0 Å². The van der Waals surface area contributed by atoms with Crippen LogP contribution in [0.3, 0.4) is 0 Å². The van der Waals surface area contributed by atoms with E-state index in [1.807, 2.05) is 40.0 Å². The first-order valence-electron chi connectivity index (χ1n) is 8.51. The zero-order valence-corrected chi connectivity index (χ0v) is 15.1. The van der Waals surface area contributed by atoms with Crippen molar-refractivity contribution in [3.05, 3.63) is 41.0 Å². The summed E-state index contributed by atoms with van der Waals surface area (Å²) >= 11 is 0. The number of anilines is 1. The molecular formula is C18H24N4O3. The monoisotopic (exact) mass is 344 g/mol. The Hall–Kier alpha value is -2.41. The van der Waals surface area contributed by atoms with E-state index < -0.39 is 0 Å². The highest BCUT2D eigenvalue weighted by molar-refractivity contribution is 5.91. The number of ether oxygens (including phenoxy) is 1. The van der Waals surface area contributed by atoms with E-state index in [-0.39, 0.29) is 23.7 Å². The maximum Gasteiger partial charge on any atom is 0.292 e. The number of nitrogens with zero attached hydrogens (tertiary/aromatic N) is 3. The highest BCUT2D eigenvalue weighted by atomic mass is 16.5. The Balaban J connectivity index is 1.76. The van der Waals surface area contributed by atoms with Gasteiger partial charge in [0.25, 0.3) is 5.91 Å². The molecule has 2 aromatic rings. The third-order valence-electron chi connectivity index (χ3n) is 4.28. The van der Waals surface area contributed by atoms with Crippen molar-refractivity contribution in [3.8, 4) is 0 Å². The number of aromatic nitrogens is 2. The van der Waals surface area contributed by atoms with Gasteiger partial charge in [-0.2, -0.15) is 0 Å². The van der Waals surface area contributed by atoms with Crippen molar-refractivity contribution >= 4 is 11.6 Å². The van der Waals surface area contributed by atoms with E-state index in [0.29, 0.717) is 19.7 Å². The Morgan fingerprint density at radius 3 is 2.84 bits per heavy atom. The van der Waals surface area contributed by atoms with Gasteiger partial charge >= 0.3 is 0 Å². The smallest absolute Gasteiger partial charge is 0.292 e. The second-order valence-corrected chi connectivity index (χ2v) is 6.55. The number of carbonyl (C=O) groups excluding carboxylic acids is 1. The van der Waals surface area contributed by atoms with Gasteiger partial charge in [0.2, 0.25) is 5.76 Å². The van der Waals surface area contributed by atoms with Gasteiger partial charge in [0.05, 0.1) is 24.5 Å². The Morgan fingerprint density at radius 2 is 2.16 bits per heavy atom. The normalized spacial score (nSPS) is 17.8. The number of hydrogen-bond acceptors (Lipinski definition) is 6. The number of carbonyl (C=O) groups is 1. The van der Waals surface area contributed by atoms with Gasteiger partial charge in [-0.15, -0.1) is 0 Å². The number of hydrogen-bond donors (Lipinski definition) is 1. The number of aryl methyl sites for hydroxylation is 1. The molecule has 3 rings (SSSR count). The molecule has 0 unspecified atom stereocenters. The first kappa shape index (κ1) is 17.4. The van der Waals surface area contributed by atoms with Crippen LogP contribution in [-0.2, 0) is 4.74 Å². The van der Waals surface area contributed by atoms with Crippen molar-refractivity contribution in [3.63, 3.8) is 0 Å². The molecule has 0 saturated carbocycles. The molecule has 0 aromatic carbocycles. The first-order chi connectivity index (χ1) is 12.0. The van der Waals surface area contributed by atoms with Gasteiger partial charge in [-0.05, 0) is 25.0 Å². The van der Waals surface area contributed by atoms with E-state index >= 15 is 0 Å². The van der Waals surface area contributed by atoms with Gasteiger partial charge in [-0.1, -0.05) is 19.0 Å². The molecule has 0 bridgehead atoms. The van der Waals surface area contributed by atoms with Gasteiger partial charge in [0.1, 0.15) is 6.10 Å². The van der Waals surface area contributed by atoms with Crippen molar-refractivity contribution in [2.45, 2.75) is 32.8 Å². The lowest BCUT2D eigenvalue weighted by Gasteiger charge is -2.32. The second kappa shape index (κ2) is 7.23. The van der Waals surface area contributed by atoms with Crippen molar-refractivity contribution in [2.24, 2.45) is 0 Å². The van der Waals surface area contributed by atoms with E-state index in [0.717, 1.165) is 22.8 Å². The molecule has 1 amide bonds. The second-order valence-electron chi connectivity index (χ2n) is 6.55. The molecule has 1 atom stereocenters. The molecule has 1 saturated heterocycles. The Kier molecular flexibility index (Phi) is 5.03. The van der Waals surface area contributed by atoms with Crippen molar-refractivity contribution in [2.75, 3.05) is 32.1 Å². The summed E-state index contributed by atoms with van der Waals surface area (Å²) in [5, 5.41) is 7.09. The Morgan fingerprint density at radius 1 is 1.36 bits per heavy atom. The summed E-state index contributed by atoms with van der Waals surface area (Å²) < 4.78 is 11.1. The van der Waals surface area contributed by atoms with E-state index in [1.54, 1.807) is 11.0 Å². The van der Waals surface area contributed by atoms with Crippen molar-refractivity contribution in [1.29, 1.82) is 0 Å². The van der Waals surface area contributed by atoms with Gasteiger partial charge < -0.3 is 19.5 Å². The summed E-state index contributed by atoms with van der Waals surface area (Å²) in [6.45, 7) is 7.40. The van der Waals surface area contributed by atoms with E-state index in [2.05, 4.69) is 15.5 Å². The number of amides is 1. The molecule has 0 aliphatic carbocycles. The van der Waals surface area contributed by atoms with E-state index in [4.69, 9.17) is 9.26 Å². The molecule has 0 radical (unpaired) electrons. The third kappa shape index (κ3) is 3.82. The Labute approximate surface area is 147 Å². The van der Waals surface area contributed by atoms with Crippen LogP contribution in [-0.4, -0.2) is 47.7 Å². The summed E-state index contributed by atoms with van der Waals surface area (Å²) in [6.07, 6.45) is -0.253. The average Bonchev–Trinajstić information content (AvgIpc) is 3.11. The zero-order valence-electron chi connectivity index (χ0n) is 15.1. The minimum atomic E-state index is -0.253. The van der Waals surface area contributed by atoms with Crippen LogP contribution in [0.5, 0.6) is 0 Å². The molecule has 2 aromatic heterocycles. The topological polar surface area (TPSA) is 80.5 Å². The van der Waals surface area contributed by atoms with Crippen LogP contribution in [0.2, 0.25) is 0 Å². The fourth-order valence-corrected chi connectivity index (χ4v) is 2.83. The zero-order chi connectivity index (χ0) is 18.0. The van der Waals surface area contributed by atoms with Crippen LogP contribution in [0.1, 0.15) is 53.5 Å². The molecule has 7 nitrogen and oxygen atoms in total. The predicted molar refractivity (Wildman–Crippen MR) is 93.7 cm³/mol. The first-order valence-corrected chi connectivity index (χ1v) is 8.51. The third-order valence-corrected chi connectivity index (χ3v) is 4.28. The average molecular weight is 344 g/mol. The van der Waals surface area contributed by atoms with Crippen LogP contribution >= 0.6 is 0 Å². The summed E-state index contributed by atoms with van der Waals surface area (Å²) in [5.41, 5.74) is 3.49. The van der Waals surface area contributed by atoms with Gasteiger partial charge in [-0.3, -0.25) is 9.78 Å². The standard InChI is InChI=1S/C18H24N4O3/c1-11(2)14-9-16(25-21-14)18(23)22-5-6-24-17(10-22)15-8-13(19-4)7-12(3)20-15/h7-9,11,17H,5-6,10H2,1-4H3,(H,19,20)/t17-/m1/s1. The summed E-state index contributed by atoms with van der Waals surface area (Å²) in [6, 6.07) is 5.65. The molecular weight excluding hydrogens is 320 g/mol. The maximum atomic E-state index is 12.7. The summed E-state index contributed by atoms with van der Waals surface area (Å²) in [7, 11) is 1.87. The number of morpholine rings is 1. The molecule has 3 heterocycles. The summed E-state index contributed by atoms with van der Waals surface area (Å²) in [5.74, 6) is 0.339. The van der Waals surface area contributed by atoms with Crippen LogP contribution in [0.15, 0.2) is 22.7 Å². The Bertz CT molecular complexity index is 757. The molecule has 1 aliphatic rings. The maximum absolute atomic E-state index is 12.7. The summed E-state index contributed by atoms with van der Waals surface area (Å²) in [4.78, 5) is 19.0. The van der Waals surface area contributed by atoms with Crippen LogP contribution in [0.25, 0.3) is 0 Å². The van der Waals surface area contributed by atoms with Crippen molar-refractivity contribution < 1.29 is 14.1 Å². The van der Waals surface area contributed by atoms with E-state index in [1.165, 1.54) is 0 Å². The minimum absolute atomic E-state index is 0.158. The number of rotatable bonds is 4. The van der Waals surface area contributed by atoms with Crippen LogP contribution in [0.4, 0.5) is 5.69 Å². The largest absolute Gasteiger partial charge is 0.388 e. The number of nitrogens with one attached hydrogen (secondary N) is 1.